The molecule has 6 nitrogen and oxygen atoms in total. The van der Waals surface area contributed by atoms with E-state index in [2.05, 4.69) is 20.9 Å². The minimum absolute atomic E-state index is 0.187. The van der Waals surface area contributed by atoms with Crippen LogP contribution in [0.25, 0.3) is 6.08 Å². The van der Waals surface area contributed by atoms with Crippen LogP contribution >= 0.6 is 39.3 Å². The maximum atomic E-state index is 12.9. The van der Waals surface area contributed by atoms with Crippen LogP contribution in [0.4, 0.5) is 4.79 Å². The zero-order valence-corrected chi connectivity index (χ0v) is 20.6. The molecule has 0 radical (unpaired) electrons. The average molecular weight is 546 g/mol. The molecule has 0 N–H and O–H groups in total. The topological polar surface area (TPSA) is 68.7 Å². The zero-order chi connectivity index (χ0) is 23.4. The lowest BCUT2D eigenvalue weighted by atomic mass is 10.1. The maximum absolute atomic E-state index is 12.9. The fraction of sp³-hybridized carbons (Fsp3) is 0.125. The van der Waals surface area contributed by atoms with E-state index in [1.54, 1.807) is 49.7 Å². The SMILES string of the molecule is COc1cc(/C=C2/SC(=O)N(Cc3ccc(Cl)cc3)C2=O)cc(Br)c1OCc1ccccn1. The van der Waals surface area contributed by atoms with Crippen LogP contribution in [0.15, 0.2) is 70.2 Å². The molecule has 9 heteroatoms. The second-order valence-electron chi connectivity index (χ2n) is 7.04. The largest absolute Gasteiger partial charge is 0.493 e. The molecule has 2 aromatic carbocycles. The molecule has 1 aliphatic heterocycles. The van der Waals surface area contributed by atoms with E-state index >= 15 is 0 Å². The number of carbonyl (C=O) groups excluding carboxylic acids is 2. The van der Waals surface area contributed by atoms with Gasteiger partial charge in [0.1, 0.15) is 6.61 Å². The van der Waals surface area contributed by atoms with E-state index in [1.807, 2.05) is 24.3 Å². The van der Waals surface area contributed by atoms with Gasteiger partial charge in [0.2, 0.25) is 0 Å². The van der Waals surface area contributed by atoms with Gasteiger partial charge in [0, 0.05) is 11.2 Å². The predicted octanol–water partition coefficient (Wildman–Crippen LogP) is 6.32. The van der Waals surface area contributed by atoms with Crippen LogP contribution in [-0.2, 0) is 17.9 Å². The van der Waals surface area contributed by atoms with Crippen molar-refractivity contribution in [2.45, 2.75) is 13.2 Å². The van der Waals surface area contributed by atoms with Gasteiger partial charge in [-0.05, 0) is 81.3 Å². The van der Waals surface area contributed by atoms with E-state index in [1.165, 1.54) is 4.90 Å². The van der Waals surface area contributed by atoms with Crippen LogP contribution in [0, 0.1) is 0 Å². The lowest BCUT2D eigenvalue weighted by Gasteiger charge is -2.14. The monoisotopic (exact) mass is 544 g/mol. The molecule has 0 atom stereocenters. The molecule has 2 amide bonds. The van der Waals surface area contributed by atoms with Gasteiger partial charge in [0.15, 0.2) is 11.5 Å². The highest BCUT2D eigenvalue weighted by atomic mass is 79.9. The van der Waals surface area contributed by atoms with E-state index < -0.39 is 0 Å². The molecule has 3 aromatic rings. The van der Waals surface area contributed by atoms with Gasteiger partial charge in [-0.2, -0.15) is 0 Å². The quantitative estimate of drug-likeness (QED) is 0.324. The standard InChI is InChI=1S/C24H18BrClN2O4S/c1-31-20-11-16(10-19(25)22(20)32-14-18-4-2-3-9-27-18)12-21-23(29)28(24(30)33-21)13-15-5-7-17(26)8-6-15/h2-12H,13-14H2,1H3/b21-12+. The number of aromatic nitrogens is 1. The molecular weight excluding hydrogens is 528 g/mol. The van der Waals surface area contributed by atoms with Crippen LogP contribution in [0.5, 0.6) is 11.5 Å². The number of thioether (sulfide) groups is 1. The number of imide groups is 1. The second-order valence-corrected chi connectivity index (χ2v) is 9.32. The molecular formula is C24H18BrClN2O4S. The summed E-state index contributed by atoms with van der Waals surface area (Å²) in [6.45, 7) is 0.464. The molecule has 0 saturated carbocycles. The highest BCUT2D eigenvalue weighted by molar-refractivity contribution is 9.10. The molecule has 0 bridgehead atoms. The van der Waals surface area contributed by atoms with Gasteiger partial charge < -0.3 is 9.47 Å². The molecule has 33 heavy (non-hydrogen) atoms. The van der Waals surface area contributed by atoms with E-state index in [-0.39, 0.29) is 24.3 Å². The Morgan fingerprint density at radius 2 is 1.94 bits per heavy atom. The number of halogens is 2. The number of methoxy groups -OCH3 is 1. The summed E-state index contributed by atoms with van der Waals surface area (Å²) in [5.74, 6) is 0.675. The van der Waals surface area contributed by atoms with E-state index in [9.17, 15) is 9.59 Å². The Balaban J connectivity index is 1.53. The van der Waals surface area contributed by atoms with Gasteiger partial charge in [-0.3, -0.25) is 19.5 Å². The number of amides is 2. The summed E-state index contributed by atoms with van der Waals surface area (Å²) >= 11 is 10.3. The molecule has 1 saturated heterocycles. The van der Waals surface area contributed by atoms with Crippen molar-refractivity contribution in [3.8, 4) is 11.5 Å². The van der Waals surface area contributed by atoms with Gasteiger partial charge in [-0.1, -0.05) is 29.8 Å². The lowest BCUT2D eigenvalue weighted by molar-refractivity contribution is -0.123. The average Bonchev–Trinajstić information content (AvgIpc) is 3.07. The fourth-order valence-electron chi connectivity index (χ4n) is 3.15. The number of hydrogen-bond donors (Lipinski definition) is 0. The highest BCUT2D eigenvalue weighted by Crippen LogP contribution is 2.39. The number of benzene rings is 2. The summed E-state index contributed by atoms with van der Waals surface area (Å²) in [4.78, 5) is 31.1. The highest BCUT2D eigenvalue weighted by Gasteiger charge is 2.35. The van der Waals surface area contributed by atoms with Crippen LogP contribution < -0.4 is 9.47 Å². The minimum atomic E-state index is -0.342. The zero-order valence-electron chi connectivity index (χ0n) is 17.5. The molecule has 1 aliphatic rings. The van der Waals surface area contributed by atoms with E-state index in [4.69, 9.17) is 21.1 Å². The summed E-state index contributed by atoms with van der Waals surface area (Å²) < 4.78 is 12.1. The number of hydrogen-bond acceptors (Lipinski definition) is 6. The second kappa shape index (κ2) is 10.4. The Labute approximate surface area is 208 Å². The summed E-state index contributed by atoms with van der Waals surface area (Å²) in [5, 5.41) is 0.280. The van der Waals surface area contributed by atoms with Gasteiger partial charge >= 0.3 is 0 Å². The first-order chi connectivity index (χ1) is 15.9. The van der Waals surface area contributed by atoms with Crippen molar-refractivity contribution in [2.24, 2.45) is 0 Å². The Morgan fingerprint density at radius 3 is 2.64 bits per heavy atom. The number of carbonyl (C=O) groups is 2. The Hall–Kier alpha value is -2.81. The number of ether oxygens (including phenoxy) is 2. The molecule has 0 spiro atoms. The summed E-state index contributed by atoms with van der Waals surface area (Å²) in [6, 6.07) is 16.2. The summed E-state index contributed by atoms with van der Waals surface area (Å²) in [5.41, 5.74) is 2.30. The van der Waals surface area contributed by atoms with Crippen molar-refractivity contribution in [1.82, 2.24) is 9.88 Å². The Bertz CT molecular complexity index is 1220. The van der Waals surface area contributed by atoms with Gasteiger partial charge in [0.05, 0.1) is 28.7 Å². The third-order valence-corrected chi connectivity index (χ3v) is 6.52. The van der Waals surface area contributed by atoms with Crippen LogP contribution in [0.2, 0.25) is 5.02 Å². The van der Waals surface area contributed by atoms with Crippen molar-refractivity contribution >= 4 is 56.5 Å². The van der Waals surface area contributed by atoms with Crippen molar-refractivity contribution in [2.75, 3.05) is 7.11 Å². The molecule has 168 valence electrons. The summed E-state index contributed by atoms with van der Waals surface area (Å²) in [6.07, 6.45) is 3.37. The van der Waals surface area contributed by atoms with Gasteiger partial charge in [-0.15, -0.1) is 0 Å². The molecule has 1 fully saturated rings. The van der Waals surface area contributed by atoms with Gasteiger partial charge in [0.25, 0.3) is 11.1 Å². The third-order valence-electron chi connectivity index (χ3n) is 4.77. The van der Waals surface area contributed by atoms with Gasteiger partial charge in [-0.25, -0.2) is 0 Å². The number of rotatable bonds is 7. The first-order valence-corrected chi connectivity index (χ1v) is 11.8. The lowest BCUT2D eigenvalue weighted by Crippen LogP contribution is -2.27. The van der Waals surface area contributed by atoms with Crippen LogP contribution in [0.3, 0.4) is 0 Å². The fourth-order valence-corrected chi connectivity index (χ4v) is 4.69. The van der Waals surface area contributed by atoms with E-state index in [0.29, 0.717) is 31.5 Å². The summed E-state index contributed by atoms with van der Waals surface area (Å²) in [7, 11) is 1.54. The molecule has 0 aliphatic carbocycles. The first kappa shape index (κ1) is 23.4. The van der Waals surface area contributed by atoms with Crippen molar-refractivity contribution in [1.29, 1.82) is 0 Å². The van der Waals surface area contributed by atoms with Crippen molar-refractivity contribution in [3.63, 3.8) is 0 Å². The maximum Gasteiger partial charge on any atom is 0.293 e. The molecule has 1 aromatic heterocycles. The van der Waals surface area contributed by atoms with Crippen LogP contribution in [-0.4, -0.2) is 28.1 Å². The third kappa shape index (κ3) is 5.58. The normalized spacial score (nSPS) is 14.8. The number of nitrogens with zero attached hydrogens (tertiary/aromatic N) is 2. The van der Waals surface area contributed by atoms with E-state index in [0.717, 1.165) is 23.0 Å². The Morgan fingerprint density at radius 1 is 1.15 bits per heavy atom. The first-order valence-electron chi connectivity index (χ1n) is 9.84. The van der Waals surface area contributed by atoms with Crippen molar-refractivity contribution < 1.29 is 19.1 Å². The molecule has 0 unspecified atom stereocenters. The van der Waals surface area contributed by atoms with Crippen LogP contribution in [0.1, 0.15) is 16.8 Å². The van der Waals surface area contributed by atoms with Crippen molar-refractivity contribution in [3.05, 3.63) is 92.0 Å². The smallest absolute Gasteiger partial charge is 0.293 e. The predicted molar refractivity (Wildman–Crippen MR) is 132 cm³/mol. The number of pyridine rings is 1. The Kier molecular flexibility index (Phi) is 7.37. The minimum Gasteiger partial charge on any atom is -0.493 e. The molecule has 2 heterocycles. The molecule has 4 rings (SSSR count).